The van der Waals surface area contributed by atoms with Crippen LogP contribution in [0.5, 0.6) is 0 Å². The number of rotatable bonds is 5. The quantitative estimate of drug-likeness (QED) is 0.792. The number of carbonyl (C=O) groups excluding carboxylic acids is 2. The summed E-state index contributed by atoms with van der Waals surface area (Å²) < 4.78 is 5.16. The Bertz CT molecular complexity index is 847. The molecule has 1 aromatic carbocycles. The number of carbonyl (C=O) groups is 2. The molecule has 0 unspecified atom stereocenters. The zero-order valence-corrected chi connectivity index (χ0v) is 16.6. The van der Waals surface area contributed by atoms with Crippen molar-refractivity contribution in [2.45, 2.75) is 64.5 Å². The number of aryl methyl sites for hydroxylation is 1. The van der Waals surface area contributed by atoms with Crippen molar-refractivity contribution in [1.29, 1.82) is 0 Å². The number of hydrogen-bond acceptors (Lipinski definition) is 3. The molecular weight excluding hydrogens is 352 g/mol. The molecule has 2 amide bonds. The number of benzene rings is 1. The van der Waals surface area contributed by atoms with Crippen LogP contribution in [0.2, 0.25) is 0 Å². The van der Waals surface area contributed by atoms with Crippen LogP contribution in [0.1, 0.15) is 71.9 Å². The zero-order chi connectivity index (χ0) is 19.7. The Kier molecular flexibility index (Phi) is 5.25. The fraction of sp³-hybridized carbons (Fsp3) is 0.478. The van der Waals surface area contributed by atoms with Gasteiger partial charge < -0.3 is 14.6 Å². The number of anilines is 1. The first kappa shape index (κ1) is 18.8. The first-order chi connectivity index (χ1) is 13.5. The van der Waals surface area contributed by atoms with Crippen LogP contribution < -0.4 is 5.32 Å². The third kappa shape index (κ3) is 3.98. The van der Waals surface area contributed by atoms with Gasteiger partial charge in [-0.15, -0.1) is 0 Å². The summed E-state index contributed by atoms with van der Waals surface area (Å²) in [6.45, 7) is 4.22. The van der Waals surface area contributed by atoms with E-state index in [1.165, 1.54) is 19.1 Å². The van der Waals surface area contributed by atoms with Crippen molar-refractivity contribution in [3.8, 4) is 0 Å². The maximum atomic E-state index is 13.4. The lowest BCUT2D eigenvalue weighted by atomic mass is 9.86. The Balaban J connectivity index is 1.54. The highest BCUT2D eigenvalue weighted by atomic mass is 16.3. The molecule has 4 rings (SSSR count). The molecule has 0 saturated heterocycles. The third-order valence-electron chi connectivity index (χ3n) is 6.03. The van der Waals surface area contributed by atoms with Crippen LogP contribution in [0, 0.1) is 12.8 Å². The summed E-state index contributed by atoms with van der Waals surface area (Å²) in [5.74, 6) is 0.802. The number of furan rings is 1. The van der Waals surface area contributed by atoms with Gasteiger partial charge in [0.05, 0.1) is 6.26 Å². The Morgan fingerprint density at radius 3 is 2.32 bits per heavy atom. The highest BCUT2D eigenvalue weighted by Gasteiger charge is 2.38. The summed E-state index contributed by atoms with van der Waals surface area (Å²) in [5, 5.41) is 2.87. The smallest absolute Gasteiger partial charge is 0.291 e. The molecule has 5 nitrogen and oxygen atoms in total. The lowest BCUT2D eigenvalue weighted by Gasteiger charge is -2.36. The molecule has 0 bridgehead atoms. The topological polar surface area (TPSA) is 62.6 Å². The van der Waals surface area contributed by atoms with Gasteiger partial charge in [-0.05, 0) is 81.2 Å². The van der Waals surface area contributed by atoms with Crippen LogP contribution in [-0.2, 0) is 0 Å². The second kappa shape index (κ2) is 7.82. The molecule has 0 aliphatic heterocycles. The van der Waals surface area contributed by atoms with Crippen LogP contribution in [0.3, 0.4) is 0 Å². The van der Waals surface area contributed by atoms with E-state index in [2.05, 4.69) is 17.1 Å². The average Bonchev–Trinajstić information content (AvgIpc) is 3.36. The average molecular weight is 380 g/mol. The fourth-order valence-corrected chi connectivity index (χ4v) is 4.13. The van der Waals surface area contributed by atoms with E-state index in [1.54, 1.807) is 18.2 Å². The standard InChI is InChI=1S/C23H28N2O3/c1-15-5-9-18(10-6-15)25(19-11-12-19)23(27)17-8-7-16(2)20(14-17)24-22(26)21-4-3-13-28-21/h3-4,7-8,13-15,18-19H,5-6,9-12H2,1-2H3,(H,24,26). The second-order valence-corrected chi connectivity index (χ2v) is 8.32. The van der Waals surface area contributed by atoms with E-state index < -0.39 is 0 Å². The van der Waals surface area contributed by atoms with Crippen LogP contribution >= 0.6 is 0 Å². The first-order valence-electron chi connectivity index (χ1n) is 10.3. The largest absolute Gasteiger partial charge is 0.459 e. The van der Waals surface area contributed by atoms with Gasteiger partial charge in [0, 0.05) is 23.3 Å². The predicted octanol–water partition coefficient (Wildman–Crippen LogP) is 5.02. The van der Waals surface area contributed by atoms with Gasteiger partial charge >= 0.3 is 0 Å². The van der Waals surface area contributed by atoms with E-state index in [4.69, 9.17) is 4.42 Å². The summed E-state index contributed by atoms with van der Waals surface area (Å²) >= 11 is 0. The van der Waals surface area contributed by atoms with Crippen molar-refractivity contribution in [2.75, 3.05) is 5.32 Å². The van der Waals surface area contributed by atoms with Gasteiger partial charge in [0.2, 0.25) is 0 Å². The molecule has 1 aromatic heterocycles. The molecule has 5 heteroatoms. The van der Waals surface area contributed by atoms with Crippen molar-refractivity contribution >= 4 is 17.5 Å². The van der Waals surface area contributed by atoms with Gasteiger partial charge in [-0.3, -0.25) is 9.59 Å². The van der Waals surface area contributed by atoms with E-state index >= 15 is 0 Å². The van der Waals surface area contributed by atoms with E-state index in [0.29, 0.717) is 23.3 Å². The minimum atomic E-state index is -0.307. The lowest BCUT2D eigenvalue weighted by Crippen LogP contribution is -2.43. The maximum absolute atomic E-state index is 13.4. The summed E-state index contributed by atoms with van der Waals surface area (Å²) in [4.78, 5) is 27.9. The Morgan fingerprint density at radius 2 is 1.71 bits per heavy atom. The van der Waals surface area contributed by atoms with Gasteiger partial charge in [-0.1, -0.05) is 13.0 Å². The summed E-state index contributed by atoms with van der Waals surface area (Å²) in [6.07, 6.45) is 8.26. The molecule has 0 spiro atoms. The molecule has 0 radical (unpaired) electrons. The van der Waals surface area contributed by atoms with E-state index in [0.717, 1.165) is 37.2 Å². The zero-order valence-electron chi connectivity index (χ0n) is 16.6. The molecule has 2 saturated carbocycles. The summed E-state index contributed by atoms with van der Waals surface area (Å²) in [6, 6.07) is 9.62. The fourth-order valence-electron chi connectivity index (χ4n) is 4.13. The van der Waals surface area contributed by atoms with Crippen molar-refractivity contribution < 1.29 is 14.0 Å². The molecule has 148 valence electrons. The molecule has 2 aromatic rings. The number of hydrogen-bond donors (Lipinski definition) is 1. The Morgan fingerprint density at radius 1 is 1.04 bits per heavy atom. The van der Waals surface area contributed by atoms with Crippen LogP contribution in [0.4, 0.5) is 5.69 Å². The minimum absolute atomic E-state index is 0.0931. The van der Waals surface area contributed by atoms with Crippen LogP contribution in [0.15, 0.2) is 41.0 Å². The van der Waals surface area contributed by atoms with Crippen molar-refractivity contribution in [3.05, 3.63) is 53.5 Å². The monoisotopic (exact) mass is 380 g/mol. The van der Waals surface area contributed by atoms with Crippen LogP contribution in [-0.4, -0.2) is 28.8 Å². The SMILES string of the molecule is Cc1ccc(C(=O)N(C2CCC(C)CC2)C2CC2)cc1NC(=O)c1ccco1. The van der Waals surface area contributed by atoms with Crippen LogP contribution in [0.25, 0.3) is 0 Å². The number of nitrogens with one attached hydrogen (secondary N) is 1. The third-order valence-corrected chi connectivity index (χ3v) is 6.03. The number of nitrogens with zero attached hydrogens (tertiary/aromatic N) is 1. The van der Waals surface area contributed by atoms with Gasteiger partial charge in [0.15, 0.2) is 5.76 Å². The van der Waals surface area contributed by atoms with Gasteiger partial charge in [-0.25, -0.2) is 0 Å². The second-order valence-electron chi connectivity index (χ2n) is 8.32. The molecule has 2 fully saturated rings. The van der Waals surface area contributed by atoms with Gasteiger partial charge in [-0.2, -0.15) is 0 Å². The molecule has 2 aliphatic rings. The maximum Gasteiger partial charge on any atom is 0.291 e. The van der Waals surface area contributed by atoms with Gasteiger partial charge in [0.1, 0.15) is 0 Å². The van der Waals surface area contributed by atoms with E-state index in [1.807, 2.05) is 19.1 Å². The summed E-state index contributed by atoms with van der Waals surface area (Å²) in [5.41, 5.74) is 2.21. The normalized spacial score (nSPS) is 21.9. The van der Waals surface area contributed by atoms with Gasteiger partial charge in [0.25, 0.3) is 11.8 Å². The number of amides is 2. The Hall–Kier alpha value is -2.56. The molecule has 1 N–H and O–H groups in total. The molecular formula is C23H28N2O3. The highest BCUT2D eigenvalue weighted by molar-refractivity contribution is 6.04. The molecule has 28 heavy (non-hydrogen) atoms. The first-order valence-corrected chi connectivity index (χ1v) is 10.3. The molecule has 2 aliphatic carbocycles. The Labute approximate surface area is 166 Å². The lowest BCUT2D eigenvalue weighted by molar-refractivity contribution is 0.0593. The highest BCUT2D eigenvalue weighted by Crippen LogP contribution is 2.36. The molecule has 0 atom stereocenters. The van der Waals surface area contributed by atoms with E-state index in [-0.39, 0.29) is 17.6 Å². The minimum Gasteiger partial charge on any atom is -0.459 e. The predicted molar refractivity (Wildman–Crippen MR) is 108 cm³/mol. The van der Waals surface area contributed by atoms with Crippen molar-refractivity contribution in [3.63, 3.8) is 0 Å². The van der Waals surface area contributed by atoms with Crippen molar-refractivity contribution in [2.24, 2.45) is 5.92 Å². The molecule has 1 heterocycles. The van der Waals surface area contributed by atoms with Crippen molar-refractivity contribution in [1.82, 2.24) is 4.90 Å². The van der Waals surface area contributed by atoms with E-state index in [9.17, 15) is 9.59 Å². The summed E-state index contributed by atoms with van der Waals surface area (Å²) in [7, 11) is 0.